The van der Waals surface area contributed by atoms with E-state index in [0.29, 0.717) is 18.5 Å². The average Bonchev–Trinajstić information content (AvgIpc) is 2.93. The fourth-order valence-corrected chi connectivity index (χ4v) is 3.32. The van der Waals surface area contributed by atoms with E-state index >= 15 is 0 Å². The topological polar surface area (TPSA) is 33.2 Å². The van der Waals surface area contributed by atoms with Crippen molar-refractivity contribution < 1.29 is 18.0 Å². The second kappa shape index (κ2) is 5.29. The number of rotatable bonds is 1. The second-order valence-corrected chi connectivity index (χ2v) is 6.05. The molecule has 7 heteroatoms. The van der Waals surface area contributed by atoms with E-state index in [-0.39, 0.29) is 18.9 Å². The van der Waals surface area contributed by atoms with Crippen molar-refractivity contribution in [2.24, 2.45) is 5.92 Å². The summed E-state index contributed by atoms with van der Waals surface area (Å²) in [6.07, 6.45) is -3.75. The third-order valence-corrected chi connectivity index (χ3v) is 4.54. The average molecular weight is 314 g/mol. The number of likely N-dealkylation sites (tertiary alicyclic amines) is 1. The third kappa shape index (κ3) is 2.88. The predicted octanol–water partition coefficient (Wildman–Crippen LogP) is 3.71. The van der Waals surface area contributed by atoms with Crippen LogP contribution in [0, 0.1) is 5.92 Å². The van der Waals surface area contributed by atoms with Crippen molar-refractivity contribution in [2.75, 3.05) is 13.1 Å². The minimum atomic E-state index is -4.24. The first-order valence-corrected chi connectivity index (χ1v) is 7.52. The van der Waals surface area contributed by atoms with Crippen molar-refractivity contribution in [1.29, 1.82) is 0 Å². The van der Waals surface area contributed by atoms with Crippen LogP contribution in [-0.4, -0.2) is 35.1 Å². The molecule has 0 radical (unpaired) electrons. The zero-order valence-corrected chi connectivity index (χ0v) is 11.9. The fraction of sp³-hybridized carbons (Fsp3) is 0.429. The number of piperidine rings is 1. The maximum Gasteiger partial charge on any atom is 0.393 e. The number of amides is 1. The molecule has 0 unspecified atom stereocenters. The third-order valence-electron chi connectivity index (χ3n) is 3.75. The van der Waals surface area contributed by atoms with E-state index in [2.05, 4.69) is 4.98 Å². The minimum absolute atomic E-state index is 0.0984. The number of aromatic nitrogens is 1. The van der Waals surface area contributed by atoms with Crippen molar-refractivity contribution in [3.8, 4) is 0 Å². The zero-order valence-electron chi connectivity index (χ0n) is 11.1. The maximum atomic E-state index is 12.8. The number of benzene rings is 1. The van der Waals surface area contributed by atoms with E-state index < -0.39 is 12.1 Å². The van der Waals surface area contributed by atoms with Crippen molar-refractivity contribution in [3.63, 3.8) is 0 Å². The van der Waals surface area contributed by atoms with E-state index in [1.54, 1.807) is 23.7 Å². The molecular weight excluding hydrogens is 301 g/mol. The molecule has 3 rings (SSSR count). The van der Waals surface area contributed by atoms with Crippen molar-refractivity contribution in [2.45, 2.75) is 19.0 Å². The highest BCUT2D eigenvalue weighted by atomic mass is 32.1. The van der Waals surface area contributed by atoms with Gasteiger partial charge in [0.2, 0.25) is 0 Å². The summed E-state index contributed by atoms with van der Waals surface area (Å²) in [4.78, 5) is 17.8. The van der Waals surface area contributed by atoms with Crippen LogP contribution in [-0.2, 0) is 0 Å². The fourth-order valence-electron chi connectivity index (χ4n) is 2.60. The first-order chi connectivity index (χ1) is 9.95. The van der Waals surface area contributed by atoms with E-state index in [1.165, 1.54) is 16.2 Å². The van der Waals surface area contributed by atoms with Crippen LogP contribution in [0.4, 0.5) is 13.2 Å². The van der Waals surface area contributed by atoms with Gasteiger partial charge in [-0.1, -0.05) is 0 Å². The molecule has 1 saturated heterocycles. The number of hydrogen-bond donors (Lipinski definition) is 0. The van der Waals surface area contributed by atoms with Crippen molar-refractivity contribution >= 4 is 27.5 Å². The Balaban J connectivity index is 1.80. The Morgan fingerprint density at radius 1 is 1.38 bits per heavy atom. The lowest BCUT2D eigenvalue weighted by atomic mass is 9.97. The number of fused-ring (bicyclic) bond motifs is 1. The van der Waals surface area contributed by atoms with E-state index in [0.717, 1.165) is 10.2 Å². The Labute approximate surface area is 123 Å². The van der Waals surface area contributed by atoms with Gasteiger partial charge in [-0.15, -0.1) is 11.3 Å². The summed E-state index contributed by atoms with van der Waals surface area (Å²) in [5.74, 6) is -1.75. The normalized spacial score (nSPS) is 20.0. The summed E-state index contributed by atoms with van der Waals surface area (Å²) in [6.45, 7) is 0.134. The highest BCUT2D eigenvalue weighted by Gasteiger charge is 2.42. The number of carbonyl (C=O) groups is 1. The van der Waals surface area contributed by atoms with Crippen LogP contribution in [0.15, 0.2) is 23.7 Å². The van der Waals surface area contributed by atoms with Gasteiger partial charge >= 0.3 is 6.18 Å². The van der Waals surface area contributed by atoms with Crippen LogP contribution in [0.3, 0.4) is 0 Å². The molecule has 1 aromatic heterocycles. The van der Waals surface area contributed by atoms with Crippen LogP contribution >= 0.6 is 11.3 Å². The Hall–Kier alpha value is -1.63. The Morgan fingerprint density at radius 3 is 2.95 bits per heavy atom. The summed E-state index contributed by atoms with van der Waals surface area (Å²) >= 11 is 1.41. The number of thiazole rings is 1. The molecule has 112 valence electrons. The molecule has 1 aromatic carbocycles. The lowest BCUT2D eigenvalue weighted by molar-refractivity contribution is -0.184. The van der Waals surface area contributed by atoms with Gasteiger partial charge in [0.25, 0.3) is 5.91 Å². The van der Waals surface area contributed by atoms with Crippen LogP contribution in [0.25, 0.3) is 10.2 Å². The standard InChI is InChI=1S/C14H13F3N2OS/c15-14(16,17)10-2-1-5-19(7-10)13(20)9-3-4-11-12(6-9)21-8-18-11/h3-4,6,8,10H,1-2,5,7H2/t10-/m1/s1. The first kappa shape index (κ1) is 14.3. The van der Waals surface area contributed by atoms with Gasteiger partial charge in [0.15, 0.2) is 0 Å². The summed E-state index contributed by atoms with van der Waals surface area (Å²) in [5.41, 5.74) is 2.90. The molecule has 21 heavy (non-hydrogen) atoms. The zero-order chi connectivity index (χ0) is 15.0. The summed E-state index contributed by atoms with van der Waals surface area (Å²) < 4.78 is 39.3. The van der Waals surface area contributed by atoms with Gasteiger partial charge in [-0.2, -0.15) is 13.2 Å². The SMILES string of the molecule is O=C(c1ccc2ncsc2c1)N1CCC[C@@H](C(F)(F)F)C1. The first-order valence-electron chi connectivity index (χ1n) is 6.64. The monoisotopic (exact) mass is 314 g/mol. The summed E-state index contributed by atoms with van der Waals surface area (Å²) in [6, 6.07) is 5.05. The number of nitrogens with zero attached hydrogens (tertiary/aromatic N) is 2. The molecule has 1 aliphatic heterocycles. The van der Waals surface area contributed by atoms with Crippen LogP contribution in [0.5, 0.6) is 0 Å². The molecule has 0 saturated carbocycles. The molecule has 0 aliphatic carbocycles. The lowest BCUT2D eigenvalue weighted by Crippen LogP contribution is -2.44. The van der Waals surface area contributed by atoms with E-state index in [4.69, 9.17) is 0 Å². The number of alkyl halides is 3. The van der Waals surface area contributed by atoms with Gasteiger partial charge in [-0.05, 0) is 31.0 Å². The molecule has 0 N–H and O–H groups in total. The molecule has 0 spiro atoms. The summed E-state index contributed by atoms with van der Waals surface area (Å²) in [5, 5.41) is 0. The Morgan fingerprint density at radius 2 is 2.19 bits per heavy atom. The van der Waals surface area contributed by atoms with Gasteiger partial charge in [-0.25, -0.2) is 4.98 Å². The lowest BCUT2D eigenvalue weighted by Gasteiger charge is -2.33. The molecule has 2 aromatic rings. The molecule has 2 heterocycles. The van der Waals surface area contributed by atoms with Crippen LogP contribution in [0.1, 0.15) is 23.2 Å². The number of carbonyl (C=O) groups excluding carboxylic acids is 1. The van der Waals surface area contributed by atoms with Gasteiger partial charge in [0, 0.05) is 18.7 Å². The number of halogens is 3. The Bertz CT molecular complexity index is 668. The minimum Gasteiger partial charge on any atom is -0.338 e. The van der Waals surface area contributed by atoms with Gasteiger partial charge in [0.1, 0.15) is 0 Å². The molecule has 0 bridgehead atoms. The molecule has 1 atom stereocenters. The van der Waals surface area contributed by atoms with Gasteiger partial charge in [-0.3, -0.25) is 4.79 Å². The molecule has 1 amide bonds. The highest BCUT2D eigenvalue weighted by Crippen LogP contribution is 2.33. The summed E-state index contributed by atoms with van der Waals surface area (Å²) in [7, 11) is 0. The van der Waals surface area contributed by atoms with Crippen LogP contribution < -0.4 is 0 Å². The quantitative estimate of drug-likeness (QED) is 0.804. The van der Waals surface area contributed by atoms with Crippen molar-refractivity contribution in [3.05, 3.63) is 29.3 Å². The Kier molecular flexibility index (Phi) is 3.61. The van der Waals surface area contributed by atoms with E-state index in [9.17, 15) is 18.0 Å². The second-order valence-electron chi connectivity index (χ2n) is 5.17. The van der Waals surface area contributed by atoms with Crippen molar-refractivity contribution in [1.82, 2.24) is 9.88 Å². The molecule has 3 nitrogen and oxygen atoms in total. The smallest absolute Gasteiger partial charge is 0.338 e. The molecule has 1 aliphatic rings. The maximum absolute atomic E-state index is 12.8. The molecular formula is C14H13F3N2OS. The predicted molar refractivity (Wildman–Crippen MR) is 74.3 cm³/mol. The largest absolute Gasteiger partial charge is 0.393 e. The van der Waals surface area contributed by atoms with Gasteiger partial charge in [0.05, 0.1) is 21.6 Å². The highest BCUT2D eigenvalue weighted by molar-refractivity contribution is 7.16. The van der Waals surface area contributed by atoms with Crippen LogP contribution in [0.2, 0.25) is 0 Å². The number of hydrogen-bond acceptors (Lipinski definition) is 3. The van der Waals surface area contributed by atoms with Gasteiger partial charge < -0.3 is 4.90 Å². The molecule has 1 fully saturated rings. The van der Waals surface area contributed by atoms with E-state index in [1.807, 2.05) is 0 Å².